The molecule has 0 saturated carbocycles. The summed E-state index contributed by atoms with van der Waals surface area (Å²) in [5.41, 5.74) is 2.37. The van der Waals surface area contributed by atoms with Crippen molar-refractivity contribution in [1.29, 1.82) is 0 Å². The first-order valence-corrected chi connectivity index (χ1v) is 6.78. The lowest BCUT2D eigenvalue weighted by atomic mass is 10.1. The molecule has 0 radical (unpaired) electrons. The van der Waals surface area contributed by atoms with Gasteiger partial charge in [-0.15, -0.1) is 0 Å². The van der Waals surface area contributed by atoms with Gasteiger partial charge in [0.15, 0.2) is 0 Å². The van der Waals surface area contributed by atoms with Gasteiger partial charge in [-0.1, -0.05) is 30.9 Å². The van der Waals surface area contributed by atoms with Crippen molar-refractivity contribution in [2.75, 3.05) is 12.4 Å². The predicted octanol–water partition coefficient (Wildman–Crippen LogP) is 3.06. The van der Waals surface area contributed by atoms with Crippen molar-refractivity contribution in [2.24, 2.45) is 0 Å². The van der Waals surface area contributed by atoms with Gasteiger partial charge in [0.2, 0.25) is 0 Å². The summed E-state index contributed by atoms with van der Waals surface area (Å²) in [5, 5.41) is 8.64. The van der Waals surface area contributed by atoms with Crippen LogP contribution in [0.3, 0.4) is 0 Å². The minimum absolute atomic E-state index is 0.138. The molecule has 1 nitrogen and oxygen atoms in total. The topological polar surface area (TPSA) is 20.2 Å². The van der Waals surface area contributed by atoms with Gasteiger partial charge in [-0.25, -0.2) is 0 Å². The summed E-state index contributed by atoms with van der Waals surface area (Å²) in [4.78, 5) is 0. The molecule has 1 N–H and O–H groups in total. The highest BCUT2D eigenvalue weighted by Crippen LogP contribution is 2.14. The molecule has 0 atom stereocenters. The number of hydrogen-bond donors (Lipinski definition) is 1. The largest absolute Gasteiger partial charge is 0.395 e. The van der Waals surface area contributed by atoms with Crippen LogP contribution in [0, 0.1) is 11.8 Å². The van der Waals surface area contributed by atoms with Crippen molar-refractivity contribution in [3.05, 3.63) is 35.4 Å². The molecule has 0 aromatic heterocycles. The van der Waals surface area contributed by atoms with E-state index in [1.165, 1.54) is 17.7 Å². The van der Waals surface area contributed by atoms with Gasteiger partial charge in [0.25, 0.3) is 0 Å². The second kappa shape index (κ2) is 8.27. The summed E-state index contributed by atoms with van der Waals surface area (Å²) in [5.74, 6) is 8.26. The summed E-state index contributed by atoms with van der Waals surface area (Å²) in [7, 11) is 0. The molecule has 0 spiro atoms. The van der Waals surface area contributed by atoms with Gasteiger partial charge in [0.05, 0.1) is 6.61 Å². The molecule has 0 aliphatic heterocycles. The van der Waals surface area contributed by atoms with Gasteiger partial charge in [0, 0.05) is 17.7 Å². The lowest BCUT2D eigenvalue weighted by Gasteiger charge is -2.00. The zero-order valence-electron chi connectivity index (χ0n) is 9.70. The molecule has 0 heterocycles. The number of hydrogen-bond acceptors (Lipinski definition) is 2. The van der Waals surface area contributed by atoms with Crippen LogP contribution in [0.15, 0.2) is 24.3 Å². The van der Waals surface area contributed by atoms with E-state index in [1.807, 2.05) is 23.9 Å². The Morgan fingerprint density at radius 3 is 3.00 bits per heavy atom. The Morgan fingerprint density at radius 2 is 2.25 bits per heavy atom. The fraction of sp³-hybridized carbons (Fsp3) is 0.429. The second-order valence-electron chi connectivity index (χ2n) is 3.53. The molecule has 0 fully saturated rings. The molecule has 0 amide bonds. The van der Waals surface area contributed by atoms with Crippen LogP contribution in [0.4, 0.5) is 0 Å². The van der Waals surface area contributed by atoms with Crippen LogP contribution in [-0.4, -0.2) is 17.5 Å². The Kier molecular flexibility index (Phi) is 6.80. The second-order valence-corrected chi connectivity index (χ2v) is 4.63. The molecule has 86 valence electrons. The molecule has 1 aromatic carbocycles. The van der Waals surface area contributed by atoms with E-state index >= 15 is 0 Å². The first-order chi connectivity index (χ1) is 7.86. The number of thioether (sulfide) groups is 1. The summed E-state index contributed by atoms with van der Waals surface area (Å²) >= 11 is 1.96. The molecule has 0 aliphatic carbocycles. The van der Waals surface area contributed by atoms with Crippen LogP contribution in [0.2, 0.25) is 0 Å². The Hall–Kier alpha value is -0.910. The Labute approximate surface area is 102 Å². The van der Waals surface area contributed by atoms with Crippen molar-refractivity contribution < 1.29 is 5.11 Å². The van der Waals surface area contributed by atoms with E-state index in [0.29, 0.717) is 6.42 Å². The quantitative estimate of drug-likeness (QED) is 0.624. The van der Waals surface area contributed by atoms with E-state index in [2.05, 4.69) is 30.9 Å². The minimum Gasteiger partial charge on any atom is -0.395 e. The Morgan fingerprint density at radius 1 is 1.38 bits per heavy atom. The first-order valence-electron chi connectivity index (χ1n) is 5.63. The summed E-state index contributed by atoms with van der Waals surface area (Å²) in [6, 6.07) is 8.33. The van der Waals surface area contributed by atoms with Crippen LogP contribution >= 0.6 is 11.8 Å². The minimum atomic E-state index is 0.138. The highest BCUT2D eigenvalue weighted by atomic mass is 32.2. The Balaban J connectivity index is 2.54. The van der Waals surface area contributed by atoms with E-state index in [9.17, 15) is 0 Å². The van der Waals surface area contributed by atoms with Gasteiger partial charge >= 0.3 is 0 Å². The van der Waals surface area contributed by atoms with Crippen molar-refractivity contribution in [1.82, 2.24) is 0 Å². The average molecular weight is 234 g/mol. The van der Waals surface area contributed by atoms with E-state index in [0.717, 1.165) is 11.3 Å². The lowest BCUT2D eigenvalue weighted by Crippen LogP contribution is -1.84. The summed E-state index contributed by atoms with van der Waals surface area (Å²) in [6.45, 7) is 2.34. The highest BCUT2D eigenvalue weighted by Gasteiger charge is 1.94. The molecular weight excluding hydrogens is 216 g/mol. The van der Waals surface area contributed by atoms with Crippen LogP contribution < -0.4 is 0 Å². The van der Waals surface area contributed by atoms with Crippen molar-refractivity contribution in [3.63, 3.8) is 0 Å². The summed E-state index contributed by atoms with van der Waals surface area (Å²) < 4.78 is 0. The molecular formula is C14H18OS. The molecule has 2 heteroatoms. The van der Waals surface area contributed by atoms with Gasteiger partial charge < -0.3 is 5.11 Å². The fourth-order valence-electron chi connectivity index (χ4n) is 1.29. The number of rotatable bonds is 5. The standard InChI is InChI=1S/C14H18OS/c1-2-10-16-12-14-8-5-7-13(11-14)6-3-4-9-15/h5,7-8,11,15H,2,4,9-10,12H2,1H3. The van der Waals surface area contributed by atoms with E-state index < -0.39 is 0 Å². The maximum absolute atomic E-state index is 8.64. The fourth-order valence-corrected chi connectivity index (χ4v) is 2.14. The number of aliphatic hydroxyl groups excluding tert-OH is 1. The van der Waals surface area contributed by atoms with E-state index in [1.54, 1.807) is 0 Å². The maximum atomic E-state index is 8.64. The number of aliphatic hydroxyl groups is 1. The SMILES string of the molecule is CCCSCc1cccc(C#CCCO)c1. The normalized spacial score (nSPS) is 9.62. The first kappa shape index (κ1) is 13.2. The lowest BCUT2D eigenvalue weighted by molar-refractivity contribution is 0.305. The predicted molar refractivity (Wildman–Crippen MR) is 71.5 cm³/mol. The molecule has 1 rings (SSSR count). The molecule has 0 saturated heterocycles. The smallest absolute Gasteiger partial charge is 0.0540 e. The van der Waals surface area contributed by atoms with Gasteiger partial charge in [-0.3, -0.25) is 0 Å². The molecule has 0 bridgehead atoms. The summed E-state index contributed by atoms with van der Waals surface area (Å²) in [6.07, 6.45) is 1.77. The maximum Gasteiger partial charge on any atom is 0.0540 e. The van der Waals surface area contributed by atoms with Crippen LogP contribution in [-0.2, 0) is 5.75 Å². The van der Waals surface area contributed by atoms with Crippen LogP contribution in [0.5, 0.6) is 0 Å². The van der Waals surface area contributed by atoms with E-state index in [4.69, 9.17) is 5.11 Å². The molecule has 1 aromatic rings. The van der Waals surface area contributed by atoms with Gasteiger partial charge in [-0.2, -0.15) is 11.8 Å². The number of benzene rings is 1. The van der Waals surface area contributed by atoms with Crippen molar-refractivity contribution in [3.8, 4) is 11.8 Å². The van der Waals surface area contributed by atoms with Crippen LogP contribution in [0.1, 0.15) is 30.9 Å². The van der Waals surface area contributed by atoms with Crippen LogP contribution in [0.25, 0.3) is 0 Å². The highest BCUT2D eigenvalue weighted by molar-refractivity contribution is 7.98. The van der Waals surface area contributed by atoms with Crippen molar-refractivity contribution in [2.45, 2.75) is 25.5 Å². The monoisotopic (exact) mass is 234 g/mol. The van der Waals surface area contributed by atoms with E-state index in [-0.39, 0.29) is 6.61 Å². The molecule has 0 unspecified atom stereocenters. The van der Waals surface area contributed by atoms with Gasteiger partial charge in [0.1, 0.15) is 0 Å². The zero-order chi connectivity index (χ0) is 11.6. The molecule has 0 aliphatic rings. The third-order valence-electron chi connectivity index (χ3n) is 2.01. The molecule has 16 heavy (non-hydrogen) atoms. The average Bonchev–Trinajstić information content (AvgIpc) is 2.30. The Bertz CT molecular complexity index is 362. The van der Waals surface area contributed by atoms with Crippen molar-refractivity contribution >= 4 is 11.8 Å². The third kappa shape index (κ3) is 5.25. The van der Waals surface area contributed by atoms with Gasteiger partial charge in [-0.05, 0) is 29.9 Å². The third-order valence-corrected chi connectivity index (χ3v) is 3.25. The zero-order valence-corrected chi connectivity index (χ0v) is 10.5.